The van der Waals surface area contributed by atoms with Crippen LogP contribution in [0.3, 0.4) is 0 Å². The highest BCUT2D eigenvalue weighted by Crippen LogP contribution is 2.22. The second kappa shape index (κ2) is 9.73. The van der Waals surface area contributed by atoms with Crippen molar-refractivity contribution in [1.82, 2.24) is 9.88 Å². The minimum absolute atomic E-state index is 0.333. The lowest BCUT2D eigenvalue weighted by Crippen LogP contribution is -2.25. The summed E-state index contributed by atoms with van der Waals surface area (Å²) in [7, 11) is 0. The van der Waals surface area contributed by atoms with Crippen LogP contribution in [0.4, 0.5) is 0 Å². The third-order valence-electron chi connectivity index (χ3n) is 2.80. The first-order valence-electron chi connectivity index (χ1n) is 6.93. The fourth-order valence-corrected chi connectivity index (χ4v) is 2.13. The molecule has 0 atom stereocenters. The second-order valence-electron chi connectivity index (χ2n) is 4.80. The van der Waals surface area contributed by atoms with Gasteiger partial charge in [0.2, 0.25) is 12.3 Å². The zero-order valence-electron chi connectivity index (χ0n) is 12.5. The van der Waals surface area contributed by atoms with Crippen molar-refractivity contribution in [3.63, 3.8) is 0 Å². The maximum Gasteiger partial charge on any atom is 0.214 e. The Hall–Kier alpha value is -2.14. The average molecular weight is 322 g/mol. The average Bonchev–Trinajstić information content (AvgIpc) is 2.49. The van der Waals surface area contributed by atoms with Crippen LogP contribution in [0, 0.1) is 0 Å². The van der Waals surface area contributed by atoms with Crippen LogP contribution in [0.25, 0.3) is 0 Å². The Bertz CT molecular complexity index is 552. The lowest BCUT2D eigenvalue weighted by Gasteiger charge is -2.20. The number of carbonyl (C=O) groups is 2. The van der Waals surface area contributed by atoms with Crippen molar-refractivity contribution < 1.29 is 9.59 Å². The Morgan fingerprint density at radius 1 is 1.36 bits per heavy atom. The van der Waals surface area contributed by atoms with Crippen LogP contribution in [-0.2, 0) is 16.1 Å². The molecule has 2 rings (SSSR count). The summed E-state index contributed by atoms with van der Waals surface area (Å²) in [5.41, 5.74) is 6.37. The molecule has 0 unspecified atom stereocenters. The maximum atomic E-state index is 11.1. The molecule has 0 aromatic carbocycles. The number of hydrogen-bond acceptors (Lipinski definition) is 3. The van der Waals surface area contributed by atoms with Crippen LogP contribution in [-0.4, -0.2) is 28.7 Å². The van der Waals surface area contributed by atoms with E-state index in [1.165, 1.54) is 6.92 Å². The molecule has 6 heteroatoms. The number of aromatic nitrogens is 1. The Balaban J connectivity index is 0.000000541. The molecule has 0 saturated carbocycles. The third kappa shape index (κ3) is 7.04. The van der Waals surface area contributed by atoms with Crippen molar-refractivity contribution in [2.75, 3.05) is 6.54 Å². The van der Waals surface area contributed by atoms with E-state index in [0.29, 0.717) is 13.1 Å². The Kier molecular flexibility index (Phi) is 7.92. The minimum Gasteiger partial charge on any atom is -0.370 e. The smallest absolute Gasteiger partial charge is 0.214 e. The van der Waals surface area contributed by atoms with Gasteiger partial charge in [-0.3, -0.25) is 14.6 Å². The molecule has 1 heterocycles. The standard InChI is InChI=1S/C14H15ClN2O.C2H5NO/c15-14-7-2-1-5-12(14)9-17(11-18)10-13-6-3-4-8-16-13;1-2(3)4/h3-8,11H,1-2,9-10H2;1H3,(H2,3,4). The highest BCUT2D eigenvalue weighted by molar-refractivity contribution is 6.32. The number of nitrogens with two attached hydrogens (primary N) is 1. The molecule has 2 amide bonds. The summed E-state index contributed by atoms with van der Waals surface area (Å²) < 4.78 is 0. The summed E-state index contributed by atoms with van der Waals surface area (Å²) in [5, 5.41) is 0.758. The number of halogens is 1. The van der Waals surface area contributed by atoms with E-state index in [9.17, 15) is 9.59 Å². The van der Waals surface area contributed by atoms with Crippen LogP contribution >= 0.6 is 11.6 Å². The third-order valence-corrected chi connectivity index (χ3v) is 3.20. The summed E-state index contributed by atoms with van der Waals surface area (Å²) in [6, 6.07) is 5.68. The van der Waals surface area contributed by atoms with Gasteiger partial charge < -0.3 is 10.6 Å². The molecular weight excluding hydrogens is 302 g/mol. The largest absolute Gasteiger partial charge is 0.370 e. The Morgan fingerprint density at radius 2 is 2.05 bits per heavy atom. The van der Waals surface area contributed by atoms with E-state index in [1.54, 1.807) is 11.1 Å². The van der Waals surface area contributed by atoms with Crippen molar-refractivity contribution in [3.8, 4) is 0 Å². The van der Waals surface area contributed by atoms with Crippen molar-refractivity contribution in [1.29, 1.82) is 0 Å². The van der Waals surface area contributed by atoms with Crippen molar-refractivity contribution in [2.45, 2.75) is 26.3 Å². The Morgan fingerprint density at radius 3 is 2.59 bits per heavy atom. The van der Waals surface area contributed by atoms with E-state index < -0.39 is 0 Å². The molecule has 2 N–H and O–H groups in total. The van der Waals surface area contributed by atoms with Crippen molar-refractivity contribution in [3.05, 3.63) is 52.8 Å². The van der Waals surface area contributed by atoms with E-state index in [2.05, 4.69) is 16.8 Å². The van der Waals surface area contributed by atoms with Gasteiger partial charge in [-0.05, 0) is 30.5 Å². The molecule has 0 saturated heterocycles. The van der Waals surface area contributed by atoms with Crippen LogP contribution in [0.2, 0.25) is 0 Å². The van der Waals surface area contributed by atoms with E-state index >= 15 is 0 Å². The van der Waals surface area contributed by atoms with Gasteiger partial charge in [-0.25, -0.2) is 0 Å². The molecule has 1 aliphatic rings. The van der Waals surface area contributed by atoms with Gasteiger partial charge in [-0.1, -0.05) is 29.8 Å². The zero-order valence-corrected chi connectivity index (χ0v) is 13.3. The van der Waals surface area contributed by atoms with Crippen molar-refractivity contribution >= 4 is 23.9 Å². The molecule has 5 nitrogen and oxygen atoms in total. The van der Waals surface area contributed by atoms with E-state index in [-0.39, 0.29) is 5.91 Å². The van der Waals surface area contributed by atoms with Gasteiger partial charge in [0, 0.05) is 24.7 Å². The van der Waals surface area contributed by atoms with Gasteiger partial charge in [0.05, 0.1) is 12.2 Å². The van der Waals surface area contributed by atoms with Crippen LogP contribution in [0.1, 0.15) is 25.5 Å². The highest BCUT2D eigenvalue weighted by Gasteiger charge is 2.11. The van der Waals surface area contributed by atoms with Crippen LogP contribution in [0.5, 0.6) is 0 Å². The SMILES string of the molecule is CC(N)=O.O=CN(CC1=CCCC=C1Cl)Cc1ccccn1. The van der Waals surface area contributed by atoms with Gasteiger partial charge in [-0.15, -0.1) is 0 Å². The van der Waals surface area contributed by atoms with E-state index in [4.69, 9.17) is 11.6 Å². The molecule has 0 radical (unpaired) electrons. The number of amides is 2. The number of pyridine rings is 1. The number of primary amides is 1. The molecule has 1 aromatic heterocycles. The molecule has 118 valence electrons. The molecule has 0 bridgehead atoms. The zero-order chi connectivity index (χ0) is 16.4. The first-order valence-corrected chi connectivity index (χ1v) is 7.31. The fourth-order valence-electron chi connectivity index (χ4n) is 1.89. The summed E-state index contributed by atoms with van der Waals surface area (Å²) in [6.45, 7) is 2.35. The van der Waals surface area contributed by atoms with Crippen LogP contribution < -0.4 is 5.73 Å². The van der Waals surface area contributed by atoms with Crippen molar-refractivity contribution in [2.24, 2.45) is 5.73 Å². The molecule has 0 fully saturated rings. The minimum atomic E-state index is -0.333. The monoisotopic (exact) mass is 321 g/mol. The van der Waals surface area contributed by atoms with Gasteiger partial charge in [0.25, 0.3) is 0 Å². The number of hydrogen-bond donors (Lipinski definition) is 1. The maximum absolute atomic E-state index is 11.1. The number of carbonyl (C=O) groups excluding carboxylic acids is 2. The van der Waals surface area contributed by atoms with E-state index in [1.807, 2.05) is 24.3 Å². The topological polar surface area (TPSA) is 76.3 Å². The predicted octanol–water partition coefficient (Wildman–Crippen LogP) is 2.37. The molecule has 0 spiro atoms. The fraction of sp³-hybridized carbons (Fsp3) is 0.312. The molecule has 1 aliphatic carbocycles. The van der Waals surface area contributed by atoms with Gasteiger partial charge >= 0.3 is 0 Å². The molecular formula is C16H20ClN3O2. The van der Waals surface area contributed by atoms with Crippen LogP contribution in [0.15, 0.2) is 47.2 Å². The van der Waals surface area contributed by atoms with E-state index in [0.717, 1.165) is 35.6 Å². The molecule has 1 aromatic rings. The summed E-state index contributed by atoms with van der Waals surface area (Å²) in [6.07, 6.45) is 8.63. The lowest BCUT2D eigenvalue weighted by molar-refractivity contribution is -0.118. The Labute approximate surface area is 135 Å². The number of allylic oxidation sites excluding steroid dienone is 2. The number of rotatable bonds is 5. The van der Waals surface area contributed by atoms with Gasteiger partial charge in [-0.2, -0.15) is 0 Å². The highest BCUT2D eigenvalue weighted by atomic mass is 35.5. The second-order valence-corrected chi connectivity index (χ2v) is 5.21. The molecule has 22 heavy (non-hydrogen) atoms. The predicted molar refractivity (Wildman–Crippen MR) is 86.8 cm³/mol. The normalized spacial score (nSPS) is 13.2. The first-order chi connectivity index (χ1) is 10.5. The lowest BCUT2D eigenvalue weighted by atomic mass is 10.1. The quantitative estimate of drug-likeness (QED) is 0.846. The number of nitrogens with zero attached hydrogens (tertiary/aromatic N) is 2. The summed E-state index contributed by atoms with van der Waals surface area (Å²) in [5.74, 6) is -0.333. The van der Waals surface area contributed by atoms with Gasteiger partial charge in [0.15, 0.2) is 0 Å². The molecule has 0 aliphatic heterocycles. The summed E-state index contributed by atoms with van der Waals surface area (Å²) in [4.78, 5) is 26.2. The first kappa shape index (κ1) is 17.9. The van der Waals surface area contributed by atoms with Gasteiger partial charge in [0.1, 0.15) is 0 Å². The summed E-state index contributed by atoms with van der Waals surface area (Å²) >= 11 is 6.12.